The largest absolute Gasteiger partial charge is 3.00 e. The van der Waals surface area contributed by atoms with Crippen molar-refractivity contribution in [3.63, 3.8) is 0 Å². The van der Waals surface area contributed by atoms with Crippen LogP contribution in [0.15, 0.2) is 6.08 Å². The number of nitrogens with zero attached hydrogens (tertiary/aromatic N) is 1. The molecule has 13 heavy (non-hydrogen) atoms. The van der Waals surface area contributed by atoms with Crippen LogP contribution in [-0.4, -0.2) is 21.5 Å². The summed E-state index contributed by atoms with van der Waals surface area (Å²) in [7, 11) is 0. The molecule has 0 amide bonds. The number of ketones is 2. The first-order valence-corrected chi connectivity index (χ1v) is 3.43. The molecule has 2 rings (SSSR count). The van der Waals surface area contributed by atoms with E-state index in [4.69, 9.17) is 0 Å². The number of imidazole rings is 1. The van der Waals surface area contributed by atoms with Gasteiger partial charge in [-0.1, -0.05) is 0 Å². The predicted octanol–water partition coefficient (Wildman–Crippen LogP) is 0.454. The third kappa shape index (κ3) is 1.69. The number of carbonyl (C=O) groups is 2. The zero-order chi connectivity index (χ0) is 8.72. The maximum absolute atomic E-state index is 11.1. The van der Waals surface area contributed by atoms with Crippen molar-refractivity contribution in [3.05, 3.63) is 29.4 Å². The van der Waals surface area contributed by atoms with Crippen molar-refractivity contribution in [3.8, 4) is 0 Å². The monoisotopic (exact) mass is 250 g/mol. The second-order valence-corrected chi connectivity index (χ2v) is 2.53. The number of Topliss-reactive ketones (excluding diaryl/α,β-unsaturated/α-hetero) is 1. The summed E-state index contributed by atoms with van der Waals surface area (Å²) < 4.78 is 0. The second-order valence-electron chi connectivity index (χ2n) is 2.53. The van der Waals surface area contributed by atoms with E-state index in [0.29, 0.717) is 5.82 Å². The van der Waals surface area contributed by atoms with Crippen LogP contribution in [0.4, 0.5) is 0 Å². The van der Waals surface area contributed by atoms with Gasteiger partial charge in [0.25, 0.3) is 0 Å². The molecule has 1 N–H and O–H groups in total. The molecule has 5 heteroatoms. The van der Waals surface area contributed by atoms with Crippen molar-refractivity contribution in [1.82, 2.24) is 9.97 Å². The number of H-pyrrole nitrogens is 1. The van der Waals surface area contributed by atoms with E-state index in [9.17, 15) is 9.59 Å². The Morgan fingerprint density at radius 1 is 1.46 bits per heavy atom. The fraction of sp³-hybridized carbons (Fsp3) is 0.125. The number of aromatic amines is 1. The van der Waals surface area contributed by atoms with E-state index < -0.39 is 0 Å². The van der Waals surface area contributed by atoms with Crippen molar-refractivity contribution < 1.29 is 42.3 Å². The molecule has 0 saturated carbocycles. The summed E-state index contributed by atoms with van der Waals surface area (Å²) in [6, 6.07) is 0. The summed E-state index contributed by atoms with van der Waals surface area (Å²) in [6.07, 6.45) is 3.43. The van der Waals surface area contributed by atoms with Crippen LogP contribution in [0.2, 0.25) is 0 Å². The molecule has 0 aromatic carbocycles. The Bertz CT molecular complexity index is 371. The van der Waals surface area contributed by atoms with E-state index in [1.54, 1.807) is 6.92 Å². The van der Waals surface area contributed by atoms with Gasteiger partial charge in [-0.25, -0.2) is 0 Å². The molecule has 0 unspecified atom stereocenters. The number of aromatic nitrogens is 2. The zero-order valence-corrected chi connectivity index (χ0v) is 9.76. The third-order valence-electron chi connectivity index (χ3n) is 1.62. The first kappa shape index (κ1) is 10.5. The quantitative estimate of drug-likeness (QED) is 0.680. The average Bonchev–Trinajstić information content (AvgIpc) is 2.41. The van der Waals surface area contributed by atoms with Gasteiger partial charge < -0.3 is 14.6 Å². The number of fused-ring (bicyclic) bond motifs is 1. The number of nitrogens with one attached hydrogen (secondary N) is 1. The maximum atomic E-state index is 11.1. The van der Waals surface area contributed by atoms with Crippen molar-refractivity contribution in [2.75, 3.05) is 0 Å². The summed E-state index contributed by atoms with van der Waals surface area (Å²) in [5, 5.41) is 0. The number of aryl methyl sites for hydroxylation is 1. The van der Waals surface area contributed by atoms with Crippen LogP contribution < -0.4 is 0 Å². The zero-order valence-electron chi connectivity index (χ0n) is 6.92. The minimum Gasteiger partial charge on any atom is -0.364 e. The molecule has 0 saturated heterocycles. The Balaban J connectivity index is 0.000000845. The third-order valence-corrected chi connectivity index (χ3v) is 1.62. The molecular formula is C8H5N2O2Y+2. The average molecular weight is 250 g/mol. The number of hydrogen-bond acceptors (Lipinski definition) is 3. The van der Waals surface area contributed by atoms with Gasteiger partial charge in [0.15, 0.2) is 0 Å². The standard InChI is InChI=1S/C8H5N2O2.Y/c1-4-9-7-5(11)2-3-6(12)8(7)10-4;/h2H,1H3,(H,9,10);/q-1;+3. The van der Waals surface area contributed by atoms with Crippen LogP contribution in [0.3, 0.4) is 0 Å². The van der Waals surface area contributed by atoms with E-state index in [1.807, 2.05) is 0 Å². The summed E-state index contributed by atoms with van der Waals surface area (Å²) in [4.78, 5) is 28.8. The molecule has 1 aliphatic rings. The first-order chi connectivity index (χ1) is 5.68. The van der Waals surface area contributed by atoms with Gasteiger partial charge in [0, 0.05) is 11.4 Å². The van der Waals surface area contributed by atoms with Crippen LogP contribution in [-0.2, 0) is 32.7 Å². The maximum Gasteiger partial charge on any atom is 3.00 e. The van der Waals surface area contributed by atoms with Gasteiger partial charge in [0.2, 0.25) is 0 Å². The summed E-state index contributed by atoms with van der Waals surface area (Å²) >= 11 is 0. The molecule has 1 heterocycles. The normalized spacial score (nSPS) is 13.9. The Kier molecular flexibility index (Phi) is 2.93. The van der Waals surface area contributed by atoms with Crippen molar-refractivity contribution in [2.45, 2.75) is 6.92 Å². The van der Waals surface area contributed by atoms with Crippen molar-refractivity contribution in [1.29, 1.82) is 0 Å². The topological polar surface area (TPSA) is 62.8 Å². The van der Waals surface area contributed by atoms with Gasteiger partial charge in [-0.3, -0.25) is 4.98 Å². The van der Waals surface area contributed by atoms with Gasteiger partial charge >= 0.3 is 32.7 Å². The molecular weight excluding hydrogens is 245 g/mol. The molecule has 60 valence electrons. The molecule has 0 bridgehead atoms. The van der Waals surface area contributed by atoms with Crippen LogP contribution in [0.25, 0.3) is 0 Å². The molecule has 1 aromatic heterocycles. The molecule has 0 aliphatic heterocycles. The number of hydrogen-bond donors (Lipinski definition) is 1. The predicted molar refractivity (Wildman–Crippen MR) is 39.8 cm³/mol. The molecule has 1 aliphatic carbocycles. The van der Waals surface area contributed by atoms with Crippen LogP contribution in [0, 0.1) is 13.0 Å². The Morgan fingerprint density at radius 3 is 2.77 bits per heavy atom. The Morgan fingerprint density at radius 2 is 2.15 bits per heavy atom. The molecule has 1 aromatic rings. The van der Waals surface area contributed by atoms with E-state index >= 15 is 0 Å². The number of allylic oxidation sites excluding steroid dienone is 2. The minimum atomic E-state index is -0.339. The summed E-state index contributed by atoms with van der Waals surface area (Å²) in [5.74, 6) is -0.0158. The van der Waals surface area contributed by atoms with E-state index in [0.717, 1.165) is 6.08 Å². The molecule has 0 spiro atoms. The van der Waals surface area contributed by atoms with Gasteiger partial charge in [0.1, 0.15) is 0 Å². The number of carbonyl (C=O) groups excluding carboxylic acids is 2. The Labute approximate surface area is 99.7 Å². The van der Waals surface area contributed by atoms with Crippen molar-refractivity contribution >= 4 is 11.6 Å². The van der Waals surface area contributed by atoms with Crippen LogP contribution in [0.5, 0.6) is 0 Å². The van der Waals surface area contributed by atoms with Gasteiger partial charge in [-0.05, 0) is 6.92 Å². The first-order valence-electron chi connectivity index (χ1n) is 3.43. The van der Waals surface area contributed by atoms with Gasteiger partial charge in [-0.2, -0.15) is 0 Å². The SMILES string of the molecule is Cc1nc2c([nH]1)C(=O)C=[C-]C2=O.[Y+3]. The van der Waals surface area contributed by atoms with E-state index in [2.05, 4.69) is 16.0 Å². The van der Waals surface area contributed by atoms with Crippen LogP contribution >= 0.6 is 0 Å². The Hall–Kier alpha value is -0.606. The van der Waals surface area contributed by atoms with Crippen LogP contribution in [0.1, 0.15) is 26.8 Å². The van der Waals surface area contributed by atoms with Gasteiger partial charge in [0.05, 0.1) is 17.4 Å². The molecule has 4 nitrogen and oxygen atoms in total. The number of rotatable bonds is 0. The fourth-order valence-electron chi connectivity index (χ4n) is 1.11. The second kappa shape index (κ2) is 3.64. The smallest absolute Gasteiger partial charge is 0.364 e. The minimum absolute atomic E-state index is 0. The molecule has 0 radical (unpaired) electrons. The van der Waals surface area contributed by atoms with Gasteiger partial charge in [-0.15, -0.1) is 12.2 Å². The van der Waals surface area contributed by atoms with Crippen molar-refractivity contribution in [2.24, 2.45) is 0 Å². The van der Waals surface area contributed by atoms with E-state index in [-0.39, 0.29) is 55.7 Å². The summed E-state index contributed by atoms with van der Waals surface area (Å²) in [5.41, 5.74) is 0.455. The summed E-state index contributed by atoms with van der Waals surface area (Å²) in [6.45, 7) is 1.69. The molecule has 0 atom stereocenters. The fourth-order valence-corrected chi connectivity index (χ4v) is 1.11. The van der Waals surface area contributed by atoms with E-state index in [1.165, 1.54) is 0 Å². The molecule has 0 fully saturated rings.